The van der Waals surface area contributed by atoms with Gasteiger partial charge in [-0.1, -0.05) is 55.5 Å². The van der Waals surface area contributed by atoms with Gasteiger partial charge in [0.05, 0.1) is 0 Å². The maximum Gasteiger partial charge on any atom is 0.224 e. The number of amides is 1. The minimum Gasteiger partial charge on any atom is -0.326 e. The molecular formula is C16H17NO2. The summed E-state index contributed by atoms with van der Waals surface area (Å²) in [6.45, 7) is 1.83. The lowest BCUT2D eigenvalue weighted by Gasteiger charge is -2.00. The van der Waals surface area contributed by atoms with Crippen LogP contribution < -0.4 is 5.32 Å². The predicted octanol–water partition coefficient (Wildman–Crippen LogP) is 3.53. The van der Waals surface area contributed by atoms with E-state index >= 15 is 0 Å². The highest BCUT2D eigenvalue weighted by Gasteiger charge is 1.95. The molecule has 1 N–H and O–H groups in total. The topological polar surface area (TPSA) is 46.2 Å². The van der Waals surface area contributed by atoms with Crippen molar-refractivity contribution in [3.63, 3.8) is 0 Å². The van der Waals surface area contributed by atoms with Crippen molar-refractivity contribution < 1.29 is 9.59 Å². The molecule has 0 aliphatic heterocycles. The number of nitrogens with one attached hydrogen (secondary N) is 1. The van der Waals surface area contributed by atoms with Crippen molar-refractivity contribution in [2.75, 3.05) is 5.32 Å². The fourth-order valence-corrected chi connectivity index (χ4v) is 1.30. The van der Waals surface area contributed by atoms with E-state index in [1.807, 2.05) is 55.5 Å². The molecule has 0 aromatic heterocycles. The Balaban J connectivity index is 0.000000200. The molecule has 0 spiro atoms. The molecule has 0 radical (unpaired) electrons. The van der Waals surface area contributed by atoms with Crippen LogP contribution in [-0.2, 0) is 4.79 Å². The molecule has 0 heterocycles. The lowest BCUT2D eigenvalue weighted by Crippen LogP contribution is -2.08. The van der Waals surface area contributed by atoms with Crippen LogP contribution in [0.1, 0.15) is 23.7 Å². The Morgan fingerprint density at radius 1 is 1.00 bits per heavy atom. The normalized spacial score (nSPS) is 8.89. The molecule has 3 heteroatoms. The molecule has 2 aromatic carbocycles. The number of carbonyl (C=O) groups excluding carboxylic acids is 2. The zero-order chi connectivity index (χ0) is 13.9. The van der Waals surface area contributed by atoms with E-state index in [-0.39, 0.29) is 5.91 Å². The van der Waals surface area contributed by atoms with Crippen LogP contribution in [0.3, 0.4) is 0 Å². The average Bonchev–Trinajstić information content (AvgIpc) is 2.49. The van der Waals surface area contributed by atoms with Crippen LogP contribution in [0.15, 0.2) is 60.7 Å². The van der Waals surface area contributed by atoms with Gasteiger partial charge in [-0.3, -0.25) is 9.59 Å². The van der Waals surface area contributed by atoms with Crippen LogP contribution in [0.5, 0.6) is 0 Å². The largest absolute Gasteiger partial charge is 0.326 e. The van der Waals surface area contributed by atoms with Gasteiger partial charge < -0.3 is 5.32 Å². The van der Waals surface area contributed by atoms with Crippen molar-refractivity contribution in [3.05, 3.63) is 66.2 Å². The molecule has 2 aromatic rings. The Hall–Kier alpha value is -2.42. The quantitative estimate of drug-likeness (QED) is 0.853. The van der Waals surface area contributed by atoms with Gasteiger partial charge in [-0.25, -0.2) is 0 Å². The molecule has 0 saturated carbocycles. The van der Waals surface area contributed by atoms with Crippen molar-refractivity contribution in [2.24, 2.45) is 0 Å². The van der Waals surface area contributed by atoms with Crippen LogP contribution in [0.25, 0.3) is 0 Å². The third kappa shape index (κ3) is 6.17. The van der Waals surface area contributed by atoms with Crippen LogP contribution >= 0.6 is 0 Å². The first-order valence-corrected chi connectivity index (χ1v) is 6.11. The summed E-state index contributed by atoms with van der Waals surface area (Å²) in [6, 6.07) is 18.5. The third-order valence-electron chi connectivity index (χ3n) is 2.31. The lowest BCUT2D eigenvalue weighted by molar-refractivity contribution is -0.115. The van der Waals surface area contributed by atoms with Gasteiger partial charge in [0.2, 0.25) is 5.91 Å². The molecule has 1 amide bonds. The average molecular weight is 255 g/mol. The highest BCUT2D eigenvalue weighted by molar-refractivity contribution is 5.90. The van der Waals surface area contributed by atoms with Crippen LogP contribution in [-0.4, -0.2) is 12.2 Å². The molecule has 98 valence electrons. The van der Waals surface area contributed by atoms with Gasteiger partial charge in [0.1, 0.15) is 6.29 Å². The Bertz CT molecular complexity index is 495. The Labute approximate surface area is 113 Å². The summed E-state index contributed by atoms with van der Waals surface area (Å²) in [5, 5.41) is 2.75. The zero-order valence-electron chi connectivity index (χ0n) is 10.9. The maximum atomic E-state index is 10.9. The molecule has 0 fully saturated rings. The van der Waals surface area contributed by atoms with E-state index in [0.29, 0.717) is 6.42 Å². The molecule has 0 saturated heterocycles. The van der Waals surface area contributed by atoms with Gasteiger partial charge in [-0.2, -0.15) is 0 Å². The first-order valence-electron chi connectivity index (χ1n) is 6.11. The van der Waals surface area contributed by atoms with Crippen molar-refractivity contribution >= 4 is 17.9 Å². The fraction of sp³-hybridized carbons (Fsp3) is 0.125. The molecule has 3 nitrogen and oxygen atoms in total. The Morgan fingerprint density at radius 3 is 1.95 bits per heavy atom. The number of aldehydes is 1. The van der Waals surface area contributed by atoms with Gasteiger partial charge in [-0.05, 0) is 12.1 Å². The number of benzene rings is 2. The minimum atomic E-state index is 0.0520. The van der Waals surface area contributed by atoms with Crippen molar-refractivity contribution in [1.29, 1.82) is 0 Å². The molecule has 2 rings (SSSR count). The lowest BCUT2D eigenvalue weighted by atomic mass is 10.2. The van der Waals surface area contributed by atoms with Gasteiger partial charge in [0, 0.05) is 17.7 Å². The second-order valence-electron chi connectivity index (χ2n) is 3.80. The fourth-order valence-electron chi connectivity index (χ4n) is 1.30. The maximum absolute atomic E-state index is 10.9. The minimum absolute atomic E-state index is 0.0520. The molecule has 0 aliphatic rings. The molecule has 0 aliphatic carbocycles. The highest BCUT2D eigenvalue weighted by atomic mass is 16.1. The number of hydrogen-bond donors (Lipinski definition) is 1. The van der Waals surface area contributed by atoms with Crippen LogP contribution in [0.4, 0.5) is 5.69 Å². The van der Waals surface area contributed by atoms with E-state index in [1.54, 1.807) is 12.1 Å². The van der Waals surface area contributed by atoms with E-state index < -0.39 is 0 Å². The van der Waals surface area contributed by atoms with Gasteiger partial charge >= 0.3 is 0 Å². The Morgan fingerprint density at radius 2 is 1.53 bits per heavy atom. The third-order valence-corrected chi connectivity index (χ3v) is 2.31. The highest BCUT2D eigenvalue weighted by Crippen LogP contribution is 2.04. The number of carbonyl (C=O) groups is 2. The molecule has 0 atom stereocenters. The van der Waals surface area contributed by atoms with Crippen LogP contribution in [0.2, 0.25) is 0 Å². The van der Waals surface area contributed by atoms with Crippen molar-refractivity contribution in [3.8, 4) is 0 Å². The smallest absolute Gasteiger partial charge is 0.224 e. The predicted molar refractivity (Wildman–Crippen MR) is 77.2 cm³/mol. The van der Waals surface area contributed by atoms with Gasteiger partial charge in [0.15, 0.2) is 0 Å². The monoisotopic (exact) mass is 255 g/mol. The van der Waals surface area contributed by atoms with Crippen molar-refractivity contribution in [2.45, 2.75) is 13.3 Å². The standard InChI is InChI=1S/C9H11NO.C7H6O/c1-2-9(11)10-8-6-4-3-5-7-8;8-6-7-4-2-1-3-5-7/h3-7H,2H2,1H3,(H,10,11);1-6H. The first-order chi connectivity index (χ1) is 9.26. The van der Waals surface area contributed by atoms with Crippen LogP contribution in [0, 0.1) is 0 Å². The number of para-hydroxylation sites is 1. The first kappa shape index (κ1) is 14.6. The Kier molecular flexibility index (Phi) is 6.66. The summed E-state index contributed by atoms with van der Waals surface area (Å²) >= 11 is 0. The number of rotatable bonds is 3. The molecule has 19 heavy (non-hydrogen) atoms. The van der Waals surface area contributed by atoms with E-state index in [9.17, 15) is 9.59 Å². The second kappa shape index (κ2) is 8.64. The molecule has 0 unspecified atom stereocenters. The zero-order valence-corrected chi connectivity index (χ0v) is 10.9. The summed E-state index contributed by atoms with van der Waals surface area (Å²) < 4.78 is 0. The summed E-state index contributed by atoms with van der Waals surface area (Å²) in [5.74, 6) is 0.0520. The van der Waals surface area contributed by atoms with E-state index in [1.165, 1.54) is 0 Å². The van der Waals surface area contributed by atoms with E-state index in [2.05, 4.69) is 5.32 Å². The summed E-state index contributed by atoms with van der Waals surface area (Å²) in [7, 11) is 0. The van der Waals surface area contributed by atoms with E-state index in [0.717, 1.165) is 17.5 Å². The number of anilines is 1. The van der Waals surface area contributed by atoms with Gasteiger partial charge in [0.25, 0.3) is 0 Å². The second-order valence-corrected chi connectivity index (χ2v) is 3.80. The summed E-state index contributed by atoms with van der Waals surface area (Å²) in [6.07, 6.45) is 1.36. The molecular weight excluding hydrogens is 238 g/mol. The van der Waals surface area contributed by atoms with Crippen molar-refractivity contribution in [1.82, 2.24) is 0 Å². The SMILES string of the molecule is CCC(=O)Nc1ccccc1.O=Cc1ccccc1. The van der Waals surface area contributed by atoms with Gasteiger partial charge in [-0.15, -0.1) is 0 Å². The summed E-state index contributed by atoms with van der Waals surface area (Å²) in [5.41, 5.74) is 1.59. The number of hydrogen-bond acceptors (Lipinski definition) is 2. The van der Waals surface area contributed by atoms with E-state index in [4.69, 9.17) is 0 Å². The molecule has 0 bridgehead atoms. The summed E-state index contributed by atoms with van der Waals surface area (Å²) in [4.78, 5) is 20.9.